The summed E-state index contributed by atoms with van der Waals surface area (Å²) >= 11 is 0. The van der Waals surface area contributed by atoms with Crippen LogP contribution in [0.5, 0.6) is 0 Å². The number of hydrogen-bond donors (Lipinski definition) is 0. The fraction of sp³-hybridized carbons (Fsp3) is 0.444. The number of benzene rings is 2. The van der Waals surface area contributed by atoms with Crippen LogP contribution >= 0.6 is 0 Å². The number of aryl methyl sites for hydroxylation is 1. The first-order valence-electron chi connectivity index (χ1n) is 11.9. The highest BCUT2D eigenvalue weighted by atomic mass is 28.4. The van der Waals surface area contributed by atoms with Crippen molar-refractivity contribution in [2.45, 2.75) is 71.8 Å². The average molecular weight is 481 g/mol. The van der Waals surface area contributed by atoms with Gasteiger partial charge >= 0.3 is 0 Å². The van der Waals surface area contributed by atoms with Crippen molar-refractivity contribution >= 4 is 26.8 Å². The summed E-state index contributed by atoms with van der Waals surface area (Å²) in [7, 11) is -3.70. The second-order valence-electron chi connectivity index (χ2n) is 11.0. The third kappa shape index (κ3) is 6.12. The molecule has 0 aliphatic carbocycles. The van der Waals surface area contributed by atoms with Crippen LogP contribution in [0.15, 0.2) is 67.0 Å². The number of rotatable bonds is 10. The van der Waals surface area contributed by atoms with E-state index in [1.54, 1.807) is 0 Å². The van der Waals surface area contributed by atoms with Crippen molar-refractivity contribution in [3.63, 3.8) is 0 Å². The molecule has 0 saturated heterocycles. The highest BCUT2D eigenvalue weighted by molar-refractivity contribution is 6.99. The van der Waals surface area contributed by atoms with Gasteiger partial charge in [-0.2, -0.15) is 0 Å². The molecule has 0 fully saturated rings. The van der Waals surface area contributed by atoms with Crippen LogP contribution in [-0.4, -0.2) is 32.5 Å². The molecule has 0 aliphatic heterocycles. The van der Waals surface area contributed by atoms with Crippen LogP contribution in [0.2, 0.25) is 30.7 Å². The van der Waals surface area contributed by atoms with Gasteiger partial charge in [-0.1, -0.05) is 101 Å². The number of imidazole rings is 1. The lowest BCUT2D eigenvalue weighted by atomic mass is 10.2. The minimum Gasteiger partial charge on any atom is -0.402 e. The maximum absolute atomic E-state index is 7.12. The molecule has 0 spiro atoms. The summed E-state index contributed by atoms with van der Waals surface area (Å²) in [6.07, 6.45) is 1.88. The van der Waals surface area contributed by atoms with Gasteiger partial charge in [-0.25, -0.2) is 4.98 Å². The molecule has 1 heterocycles. The number of aromatic nitrogens is 2. The molecule has 4 nitrogen and oxygen atoms in total. The lowest BCUT2D eigenvalue weighted by molar-refractivity contribution is 0.0825. The van der Waals surface area contributed by atoms with E-state index in [-0.39, 0.29) is 5.04 Å². The van der Waals surface area contributed by atoms with Gasteiger partial charge < -0.3 is 13.7 Å². The molecule has 6 heteroatoms. The summed E-state index contributed by atoms with van der Waals surface area (Å²) in [6.45, 7) is 17.9. The van der Waals surface area contributed by atoms with E-state index >= 15 is 0 Å². The number of hydrogen-bond acceptors (Lipinski definition) is 3. The Balaban J connectivity index is 1.91. The second kappa shape index (κ2) is 10.5. The third-order valence-corrected chi connectivity index (χ3v) is 12.9. The summed E-state index contributed by atoms with van der Waals surface area (Å²) in [5.74, 6) is 0. The van der Waals surface area contributed by atoms with Crippen LogP contribution in [0, 0.1) is 6.92 Å². The Morgan fingerprint density at radius 2 is 1.42 bits per heavy atom. The molecule has 0 saturated carbocycles. The third-order valence-electron chi connectivity index (χ3n) is 6.22. The lowest BCUT2D eigenvalue weighted by Gasteiger charge is -2.43. The van der Waals surface area contributed by atoms with Gasteiger partial charge in [0.15, 0.2) is 0 Å². The molecule has 3 aromatic rings. The van der Waals surface area contributed by atoms with Crippen molar-refractivity contribution in [1.29, 1.82) is 0 Å². The van der Waals surface area contributed by atoms with Gasteiger partial charge in [-0.15, -0.1) is 0 Å². The van der Waals surface area contributed by atoms with Crippen molar-refractivity contribution in [3.8, 4) is 0 Å². The van der Waals surface area contributed by atoms with Gasteiger partial charge in [0.2, 0.25) is 0 Å². The van der Waals surface area contributed by atoms with Crippen LogP contribution in [-0.2, 0) is 22.5 Å². The van der Waals surface area contributed by atoms with E-state index in [0.717, 1.165) is 24.0 Å². The second-order valence-corrected chi connectivity index (χ2v) is 21.0. The fourth-order valence-electron chi connectivity index (χ4n) is 4.29. The molecule has 178 valence electrons. The normalized spacial score (nSPS) is 12.8. The van der Waals surface area contributed by atoms with E-state index in [4.69, 9.17) is 9.16 Å². The molecule has 0 unspecified atom stereocenters. The molecule has 0 bridgehead atoms. The van der Waals surface area contributed by atoms with Gasteiger partial charge in [0.05, 0.1) is 24.3 Å². The zero-order valence-corrected chi connectivity index (χ0v) is 23.4. The summed E-state index contributed by atoms with van der Waals surface area (Å²) < 4.78 is 15.3. The summed E-state index contributed by atoms with van der Waals surface area (Å²) in [4.78, 5) is 4.58. The molecule has 0 radical (unpaired) electrons. The van der Waals surface area contributed by atoms with Crippen LogP contribution in [0.4, 0.5) is 0 Å². The Bertz CT molecular complexity index is 967. The lowest BCUT2D eigenvalue weighted by Crippen LogP contribution is -2.66. The van der Waals surface area contributed by atoms with Crippen LogP contribution in [0.25, 0.3) is 0 Å². The van der Waals surface area contributed by atoms with Crippen LogP contribution in [0.3, 0.4) is 0 Å². The van der Waals surface area contributed by atoms with E-state index in [0.29, 0.717) is 13.3 Å². The van der Waals surface area contributed by atoms with Gasteiger partial charge in [0, 0.05) is 14.7 Å². The Labute approximate surface area is 202 Å². The maximum atomic E-state index is 7.12. The summed E-state index contributed by atoms with van der Waals surface area (Å²) in [6, 6.07) is 22.7. The number of nitrogens with zero attached hydrogens (tertiary/aromatic N) is 2. The topological polar surface area (TPSA) is 36.3 Å². The maximum Gasteiger partial charge on any atom is 0.261 e. The molecule has 0 atom stereocenters. The zero-order chi connectivity index (χ0) is 24.1. The first-order chi connectivity index (χ1) is 15.5. The average Bonchev–Trinajstić information content (AvgIpc) is 3.11. The van der Waals surface area contributed by atoms with Gasteiger partial charge in [-0.3, -0.25) is 0 Å². The quantitative estimate of drug-likeness (QED) is 0.281. The molecular weight excluding hydrogens is 440 g/mol. The van der Waals surface area contributed by atoms with E-state index < -0.39 is 16.4 Å². The van der Waals surface area contributed by atoms with E-state index in [9.17, 15) is 0 Å². The molecule has 1 aromatic heterocycles. The fourth-order valence-corrected chi connectivity index (χ4v) is 9.55. The Hall–Kier alpha value is -2.00. The Morgan fingerprint density at radius 1 is 0.879 bits per heavy atom. The van der Waals surface area contributed by atoms with Crippen LogP contribution in [0.1, 0.15) is 32.2 Å². The first kappa shape index (κ1) is 25.6. The number of ether oxygens (including phenoxy) is 1. The minimum absolute atomic E-state index is 0.0533. The predicted molar refractivity (Wildman–Crippen MR) is 143 cm³/mol. The van der Waals surface area contributed by atoms with Crippen molar-refractivity contribution in [1.82, 2.24) is 9.55 Å². The first-order valence-corrected chi connectivity index (χ1v) is 17.5. The van der Waals surface area contributed by atoms with Crippen molar-refractivity contribution in [2.75, 3.05) is 6.61 Å². The van der Waals surface area contributed by atoms with Crippen molar-refractivity contribution in [2.24, 2.45) is 0 Å². The molecule has 0 aliphatic rings. The zero-order valence-electron chi connectivity index (χ0n) is 21.4. The van der Waals surface area contributed by atoms with Crippen molar-refractivity contribution in [3.05, 3.63) is 78.4 Å². The standard InChI is InChI=1S/C27H40N2O2Si2/c1-23-26(29(21-28-23)22-30-18-19-32(5,6)7)20-31-33(27(2,3)4,24-14-10-8-11-15-24)25-16-12-9-13-17-25/h8-17,21H,18-20,22H2,1-7H3. The molecule has 3 rings (SSSR count). The molecule has 0 N–H and O–H groups in total. The Kier molecular flexibility index (Phi) is 8.16. The smallest absolute Gasteiger partial charge is 0.261 e. The highest BCUT2D eigenvalue weighted by Crippen LogP contribution is 2.37. The Morgan fingerprint density at radius 3 is 1.91 bits per heavy atom. The minimum atomic E-state index is -2.59. The SMILES string of the molecule is Cc1ncn(COCC[Si](C)(C)C)c1CO[Si](c1ccccc1)(c1ccccc1)C(C)(C)C. The monoisotopic (exact) mass is 480 g/mol. The molecule has 33 heavy (non-hydrogen) atoms. The molecule has 2 aromatic carbocycles. The van der Waals surface area contributed by atoms with E-state index in [1.165, 1.54) is 10.4 Å². The molecular formula is C27H40N2O2Si2. The van der Waals surface area contributed by atoms with Crippen molar-refractivity contribution < 1.29 is 9.16 Å². The summed E-state index contributed by atoms with van der Waals surface area (Å²) in [5, 5.41) is 2.53. The summed E-state index contributed by atoms with van der Waals surface area (Å²) in [5.41, 5.74) is 2.10. The predicted octanol–water partition coefficient (Wildman–Crippen LogP) is 5.58. The largest absolute Gasteiger partial charge is 0.402 e. The van der Waals surface area contributed by atoms with Gasteiger partial charge in [-0.05, 0) is 28.4 Å². The van der Waals surface area contributed by atoms with Gasteiger partial charge in [0.25, 0.3) is 8.32 Å². The highest BCUT2D eigenvalue weighted by Gasteiger charge is 2.50. The van der Waals surface area contributed by atoms with Crippen LogP contribution < -0.4 is 10.4 Å². The van der Waals surface area contributed by atoms with E-state index in [2.05, 4.69) is 118 Å². The van der Waals surface area contributed by atoms with E-state index in [1.807, 2.05) is 6.33 Å². The van der Waals surface area contributed by atoms with Gasteiger partial charge in [0.1, 0.15) is 6.73 Å². The molecule has 0 amide bonds.